The van der Waals surface area contributed by atoms with Gasteiger partial charge in [0.25, 0.3) is 5.91 Å². The molecule has 1 amide bonds. The maximum absolute atomic E-state index is 13.1. The van der Waals surface area contributed by atoms with Gasteiger partial charge >= 0.3 is 0 Å². The van der Waals surface area contributed by atoms with Crippen molar-refractivity contribution in [3.05, 3.63) is 59.3 Å². The molecule has 0 radical (unpaired) electrons. The second kappa shape index (κ2) is 8.85. The summed E-state index contributed by atoms with van der Waals surface area (Å²) in [5.41, 5.74) is 3.09. The van der Waals surface area contributed by atoms with Gasteiger partial charge < -0.3 is 14.8 Å². The lowest BCUT2D eigenvalue weighted by Crippen LogP contribution is -2.30. The molecule has 0 aliphatic carbocycles. The summed E-state index contributed by atoms with van der Waals surface area (Å²) in [7, 11) is 3.26. The van der Waals surface area contributed by atoms with Crippen LogP contribution in [0, 0.1) is 0 Å². The van der Waals surface area contributed by atoms with Crippen LogP contribution in [-0.4, -0.2) is 43.2 Å². The summed E-state index contributed by atoms with van der Waals surface area (Å²) in [5.74, 6) is 1.25. The van der Waals surface area contributed by atoms with Gasteiger partial charge in [-0.05, 0) is 74.1 Å². The summed E-state index contributed by atoms with van der Waals surface area (Å²) in [5, 5.41) is 3.38. The van der Waals surface area contributed by atoms with Crippen LogP contribution in [0.1, 0.15) is 24.0 Å². The van der Waals surface area contributed by atoms with Gasteiger partial charge in [0, 0.05) is 12.1 Å². The summed E-state index contributed by atoms with van der Waals surface area (Å²) in [6, 6.07) is 13.3. The van der Waals surface area contributed by atoms with E-state index >= 15 is 0 Å². The minimum atomic E-state index is -0.207. The van der Waals surface area contributed by atoms with Gasteiger partial charge in [-0.2, -0.15) is 0 Å². The standard InChI is InChI=1S/C23H25N3O3S/c1-28-20-10-9-16(13-17(20)15-25-11-5-6-12-25)14-18-22(27)26(23(30)24-18)19-7-3-4-8-21(19)29-2/h3-4,7-10,13-14H,5-6,11-12,15H2,1-2H3,(H,24,30)/b18-14+. The Labute approximate surface area is 182 Å². The number of carbonyl (C=O) groups excluding carboxylic acids is 1. The molecule has 2 aliphatic rings. The average Bonchev–Trinajstić information content (AvgIpc) is 3.36. The highest BCUT2D eigenvalue weighted by Gasteiger charge is 2.33. The zero-order valence-electron chi connectivity index (χ0n) is 17.2. The number of rotatable bonds is 6. The second-order valence-corrected chi connectivity index (χ2v) is 7.74. The monoisotopic (exact) mass is 423 g/mol. The van der Waals surface area contributed by atoms with Crippen LogP contribution in [0.2, 0.25) is 0 Å². The van der Waals surface area contributed by atoms with Crippen molar-refractivity contribution >= 4 is 35.0 Å². The van der Waals surface area contributed by atoms with Crippen LogP contribution in [0.5, 0.6) is 11.5 Å². The van der Waals surface area contributed by atoms with Gasteiger partial charge in [-0.25, -0.2) is 4.90 Å². The fourth-order valence-electron chi connectivity index (χ4n) is 3.93. The minimum Gasteiger partial charge on any atom is -0.496 e. The van der Waals surface area contributed by atoms with E-state index in [1.54, 1.807) is 20.3 Å². The first-order valence-corrected chi connectivity index (χ1v) is 10.4. The highest BCUT2D eigenvalue weighted by Crippen LogP contribution is 2.32. The summed E-state index contributed by atoms with van der Waals surface area (Å²) < 4.78 is 10.9. The Morgan fingerprint density at radius 3 is 2.53 bits per heavy atom. The fraction of sp³-hybridized carbons (Fsp3) is 0.304. The third-order valence-corrected chi connectivity index (χ3v) is 5.70. The van der Waals surface area contributed by atoms with E-state index < -0.39 is 0 Å². The van der Waals surface area contributed by atoms with E-state index in [-0.39, 0.29) is 5.91 Å². The number of benzene rings is 2. The van der Waals surface area contributed by atoms with E-state index in [0.29, 0.717) is 22.2 Å². The molecular formula is C23H25N3O3S. The van der Waals surface area contributed by atoms with E-state index in [2.05, 4.69) is 16.3 Å². The molecule has 0 aromatic heterocycles. The number of para-hydroxylation sites is 2. The summed E-state index contributed by atoms with van der Waals surface area (Å²) >= 11 is 5.43. The van der Waals surface area contributed by atoms with Crippen molar-refractivity contribution in [3.8, 4) is 11.5 Å². The minimum absolute atomic E-state index is 0.207. The molecule has 2 aliphatic heterocycles. The van der Waals surface area contributed by atoms with Gasteiger partial charge in [-0.1, -0.05) is 18.2 Å². The van der Waals surface area contributed by atoms with Crippen molar-refractivity contribution in [2.24, 2.45) is 0 Å². The van der Waals surface area contributed by atoms with Crippen molar-refractivity contribution in [1.82, 2.24) is 10.2 Å². The Balaban J connectivity index is 1.61. The number of carbonyl (C=O) groups is 1. The average molecular weight is 424 g/mol. The van der Waals surface area contributed by atoms with E-state index in [0.717, 1.165) is 36.5 Å². The van der Waals surface area contributed by atoms with Gasteiger partial charge in [-0.3, -0.25) is 9.69 Å². The Morgan fingerprint density at radius 1 is 1.07 bits per heavy atom. The topological polar surface area (TPSA) is 54.0 Å². The fourth-order valence-corrected chi connectivity index (χ4v) is 4.22. The Hall–Kier alpha value is -2.90. The first-order valence-electron chi connectivity index (χ1n) is 10.00. The number of ether oxygens (including phenoxy) is 2. The molecular weight excluding hydrogens is 398 g/mol. The van der Waals surface area contributed by atoms with Gasteiger partial charge in [-0.15, -0.1) is 0 Å². The van der Waals surface area contributed by atoms with Crippen molar-refractivity contribution in [3.63, 3.8) is 0 Å². The SMILES string of the molecule is COc1ccc(/C=C2/NC(=S)N(c3ccccc3OC)C2=O)cc1CN1CCCC1. The predicted octanol–water partition coefficient (Wildman–Crippen LogP) is 3.56. The molecule has 0 unspecified atom stereocenters. The number of thiocarbonyl (C=S) groups is 1. The van der Waals surface area contributed by atoms with Crippen LogP contribution in [-0.2, 0) is 11.3 Å². The Bertz CT molecular complexity index is 999. The van der Waals surface area contributed by atoms with Crippen LogP contribution in [0.4, 0.5) is 5.69 Å². The molecule has 6 nitrogen and oxygen atoms in total. The maximum atomic E-state index is 13.1. The van der Waals surface area contributed by atoms with E-state index in [9.17, 15) is 4.79 Å². The molecule has 0 atom stereocenters. The highest BCUT2D eigenvalue weighted by atomic mass is 32.1. The van der Waals surface area contributed by atoms with Gasteiger partial charge in [0.1, 0.15) is 17.2 Å². The molecule has 7 heteroatoms. The smallest absolute Gasteiger partial charge is 0.281 e. The van der Waals surface area contributed by atoms with E-state index in [1.165, 1.54) is 17.7 Å². The number of hydrogen-bond acceptors (Lipinski definition) is 5. The van der Waals surface area contributed by atoms with Gasteiger partial charge in [0.05, 0.1) is 19.9 Å². The summed E-state index contributed by atoms with van der Waals surface area (Å²) in [4.78, 5) is 17.0. The number of nitrogens with zero attached hydrogens (tertiary/aromatic N) is 2. The number of anilines is 1. The first kappa shape index (κ1) is 20.4. The third-order valence-electron chi connectivity index (χ3n) is 5.41. The third kappa shape index (κ3) is 4.04. The number of hydrogen-bond donors (Lipinski definition) is 1. The molecule has 0 saturated carbocycles. The summed E-state index contributed by atoms with van der Waals surface area (Å²) in [6.07, 6.45) is 4.30. The molecule has 2 aromatic carbocycles. The summed E-state index contributed by atoms with van der Waals surface area (Å²) in [6.45, 7) is 3.06. The van der Waals surface area contributed by atoms with Crippen LogP contribution < -0.4 is 19.7 Å². The van der Waals surface area contributed by atoms with Gasteiger partial charge in [0.15, 0.2) is 5.11 Å². The zero-order chi connectivity index (χ0) is 21.1. The molecule has 2 heterocycles. The number of methoxy groups -OCH3 is 2. The number of likely N-dealkylation sites (tertiary alicyclic amines) is 1. The zero-order valence-corrected chi connectivity index (χ0v) is 18.0. The second-order valence-electron chi connectivity index (χ2n) is 7.36. The normalized spacial score (nSPS) is 18.2. The molecule has 2 saturated heterocycles. The van der Waals surface area contributed by atoms with Crippen molar-refractivity contribution in [2.45, 2.75) is 19.4 Å². The molecule has 2 aromatic rings. The molecule has 156 valence electrons. The molecule has 2 fully saturated rings. The maximum Gasteiger partial charge on any atom is 0.281 e. The highest BCUT2D eigenvalue weighted by molar-refractivity contribution is 7.80. The van der Waals surface area contributed by atoms with Crippen molar-refractivity contribution < 1.29 is 14.3 Å². The Morgan fingerprint density at radius 2 is 1.80 bits per heavy atom. The van der Waals surface area contributed by atoms with Crippen molar-refractivity contribution in [1.29, 1.82) is 0 Å². The predicted molar refractivity (Wildman–Crippen MR) is 122 cm³/mol. The largest absolute Gasteiger partial charge is 0.496 e. The lowest BCUT2D eigenvalue weighted by molar-refractivity contribution is -0.113. The van der Waals surface area contributed by atoms with E-state index in [1.807, 2.05) is 36.4 Å². The molecule has 0 spiro atoms. The lowest BCUT2D eigenvalue weighted by atomic mass is 10.1. The lowest BCUT2D eigenvalue weighted by Gasteiger charge is -2.17. The first-order chi connectivity index (χ1) is 14.6. The molecule has 4 rings (SSSR count). The van der Waals surface area contributed by atoms with Crippen LogP contribution in [0.25, 0.3) is 6.08 Å². The van der Waals surface area contributed by atoms with Gasteiger partial charge in [0.2, 0.25) is 0 Å². The van der Waals surface area contributed by atoms with E-state index in [4.69, 9.17) is 21.7 Å². The molecule has 0 bridgehead atoms. The Kier molecular flexibility index (Phi) is 6.01. The van der Waals surface area contributed by atoms with Crippen LogP contribution in [0.15, 0.2) is 48.2 Å². The number of amides is 1. The number of nitrogens with one attached hydrogen (secondary N) is 1. The molecule has 1 N–H and O–H groups in total. The van der Waals surface area contributed by atoms with Crippen LogP contribution in [0.3, 0.4) is 0 Å². The van der Waals surface area contributed by atoms with Crippen LogP contribution >= 0.6 is 12.2 Å². The molecule has 30 heavy (non-hydrogen) atoms. The van der Waals surface area contributed by atoms with Crippen molar-refractivity contribution in [2.75, 3.05) is 32.2 Å². The quantitative estimate of drug-likeness (QED) is 0.566.